The van der Waals surface area contributed by atoms with Crippen molar-refractivity contribution in [3.63, 3.8) is 0 Å². The summed E-state index contributed by atoms with van der Waals surface area (Å²) in [5.74, 6) is 0.236. The van der Waals surface area contributed by atoms with Crippen LogP contribution in [0.2, 0.25) is 5.02 Å². The third-order valence-corrected chi connectivity index (χ3v) is 3.14. The first kappa shape index (κ1) is 16.1. The Morgan fingerprint density at radius 1 is 1.23 bits per heavy atom. The van der Waals surface area contributed by atoms with E-state index in [0.717, 1.165) is 5.56 Å². The van der Waals surface area contributed by atoms with Gasteiger partial charge in [0.1, 0.15) is 18.2 Å². The van der Waals surface area contributed by atoms with Crippen molar-refractivity contribution in [2.45, 2.75) is 6.92 Å². The number of ether oxygens (including phenoxy) is 1. The Labute approximate surface area is 133 Å². The van der Waals surface area contributed by atoms with Gasteiger partial charge in [-0.05, 0) is 55.0 Å². The van der Waals surface area contributed by atoms with Gasteiger partial charge in [0.25, 0.3) is 0 Å². The molecule has 116 valence electrons. The molecule has 0 bridgehead atoms. The number of aryl methyl sites for hydroxylation is 1. The fourth-order valence-electron chi connectivity index (χ4n) is 1.80. The number of nitrogens with one attached hydrogen (secondary N) is 2. The molecule has 0 spiro atoms. The van der Waals surface area contributed by atoms with Crippen LogP contribution < -0.4 is 15.4 Å². The number of rotatable bonds is 5. The first-order chi connectivity index (χ1) is 10.5. The van der Waals surface area contributed by atoms with E-state index < -0.39 is 0 Å². The van der Waals surface area contributed by atoms with Crippen LogP contribution in [0.3, 0.4) is 0 Å². The molecular weight excluding hydrogens is 307 g/mol. The molecule has 0 saturated carbocycles. The number of hydrogen-bond acceptors (Lipinski definition) is 2. The number of amides is 2. The van der Waals surface area contributed by atoms with E-state index >= 15 is 0 Å². The molecule has 0 unspecified atom stereocenters. The van der Waals surface area contributed by atoms with Crippen LogP contribution in [0.15, 0.2) is 42.5 Å². The van der Waals surface area contributed by atoms with Gasteiger partial charge < -0.3 is 15.4 Å². The number of carbonyl (C=O) groups is 1. The molecule has 4 nitrogen and oxygen atoms in total. The standard InChI is InChI=1S/C16H16ClFN2O2/c1-11-10-12(17)2-7-15(11)20-16(21)19-8-9-22-14-5-3-13(18)4-6-14/h2-7,10H,8-9H2,1H3,(H2,19,20,21). The Kier molecular flexibility index (Phi) is 5.61. The Morgan fingerprint density at radius 3 is 2.64 bits per heavy atom. The van der Waals surface area contributed by atoms with Crippen LogP contribution in [0.4, 0.5) is 14.9 Å². The topological polar surface area (TPSA) is 50.4 Å². The molecule has 0 fully saturated rings. The molecule has 0 aliphatic rings. The van der Waals surface area contributed by atoms with Crippen LogP contribution in [0.1, 0.15) is 5.56 Å². The molecule has 2 aromatic rings. The monoisotopic (exact) mass is 322 g/mol. The number of carbonyl (C=O) groups excluding carboxylic acids is 1. The van der Waals surface area contributed by atoms with Gasteiger partial charge in [0, 0.05) is 10.7 Å². The van der Waals surface area contributed by atoms with E-state index in [-0.39, 0.29) is 11.8 Å². The van der Waals surface area contributed by atoms with Crippen LogP contribution in [0, 0.1) is 12.7 Å². The summed E-state index contributed by atoms with van der Waals surface area (Å²) in [4.78, 5) is 11.7. The van der Waals surface area contributed by atoms with Gasteiger partial charge >= 0.3 is 6.03 Å². The summed E-state index contributed by atoms with van der Waals surface area (Å²) < 4.78 is 18.1. The van der Waals surface area contributed by atoms with Gasteiger partial charge in [0.15, 0.2) is 0 Å². The Bertz CT molecular complexity index is 647. The Hall–Kier alpha value is -2.27. The average Bonchev–Trinajstić information content (AvgIpc) is 2.48. The van der Waals surface area contributed by atoms with E-state index in [2.05, 4.69) is 10.6 Å². The normalized spacial score (nSPS) is 10.1. The van der Waals surface area contributed by atoms with E-state index in [4.69, 9.17) is 16.3 Å². The Balaban J connectivity index is 1.72. The predicted octanol–water partition coefficient (Wildman–Crippen LogP) is 3.99. The average molecular weight is 323 g/mol. The van der Waals surface area contributed by atoms with E-state index in [1.165, 1.54) is 24.3 Å². The van der Waals surface area contributed by atoms with E-state index in [0.29, 0.717) is 29.6 Å². The lowest BCUT2D eigenvalue weighted by atomic mass is 10.2. The van der Waals surface area contributed by atoms with Crippen molar-refractivity contribution in [1.82, 2.24) is 5.32 Å². The highest BCUT2D eigenvalue weighted by atomic mass is 35.5. The summed E-state index contributed by atoms with van der Waals surface area (Å²) in [6.07, 6.45) is 0. The largest absolute Gasteiger partial charge is 0.492 e. The fourth-order valence-corrected chi connectivity index (χ4v) is 2.02. The first-order valence-corrected chi connectivity index (χ1v) is 7.12. The molecule has 22 heavy (non-hydrogen) atoms. The number of urea groups is 1. The number of benzene rings is 2. The second kappa shape index (κ2) is 7.66. The summed E-state index contributed by atoms with van der Waals surface area (Å²) in [7, 11) is 0. The minimum Gasteiger partial charge on any atom is -0.492 e. The van der Waals surface area contributed by atoms with Gasteiger partial charge in [0.2, 0.25) is 0 Å². The molecule has 0 radical (unpaired) electrons. The molecule has 0 saturated heterocycles. The van der Waals surface area contributed by atoms with Crippen LogP contribution in [0.5, 0.6) is 5.75 Å². The molecular formula is C16H16ClFN2O2. The third kappa shape index (κ3) is 4.93. The highest BCUT2D eigenvalue weighted by Gasteiger charge is 2.04. The van der Waals surface area contributed by atoms with Gasteiger partial charge in [0.05, 0.1) is 6.54 Å². The number of hydrogen-bond donors (Lipinski definition) is 2. The maximum atomic E-state index is 12.7. The lowest BCUT2D eigenvalue weighted by molar-refractivity contribution is 0.247. The summed E-state index contributed by atoms with van der Waals surface area (Å²) >= 11 is 5.86. The first-order valence-electron chi connectivity index (χ1n) is 6.74. The van der Waals surface area contributed by atoms with Crippen molar-refractivity contribution in [3.05, 3.63) is 58.9 Å². The zero-order valence-corrected chi connectivity index (χ0v) is 12.8. The Morgan fingerprint density at radius 2 is 1.95 bits per heavy atom. The zero-order chi connectivity index (χ0) is 15.9. The van der Waals surface area contributed by atoms with Gasteiger partial charge in [-0.3, -0.25) is 0 Å². The van der Waals surface area contributed by atoms with Crippen molar-refractivity contribution in [2.75, 3.05) is 18.5 Å². The predicted molar refractivity (Wildman–Crippen MR) is 85.1 cm³/mol. The lowest BCUT2D eigenvalue weighted by Gasteiger charge is -2.11. The summed E-state index contributed by atoms with van der Waals surface area (Å²) in [5, 5.41) is 6.02. The van der Waals surface area contributed by atoms with Crippen LogP contribution in [0.25, 0.3) is 0 Å². The molecule has 6 heteroatoms. The van der Waals surface area contributed by atoms with Crippen LogP contribution >= 0.6 is 11.6 Å². The van der Waals surface area contributed by atoms with Gasteiger partial charge in [-0.2, -0.15) is 0 Å². The van der Waals surface area contributed by atoms with E-state index in [9.17, 15) is 9.18 Å². The van der Waals surface area contributed by atoms with Gasteiger partial charge in [-0.1, -0.05) is 11.6 Å². The minimum atomic E-state index is -0.326. The molecule has 0 aliphatic heterocycles. The maximum absolute atomic E-state index is 12.7. The molecule has 2 N–H and O–H groups in total. The molecule has 0 aliphatic carbocycles. The van der Waals surface area contributed by atoms with Crippen LogP contribution in [-0.2, 0) is 0 Å². The van der Waals surface area contributed by atoms with Gasteiger partial charge in [-0.15, -0.1) is 0 Å². The SMILES string of the molecule is Cc1cc(Cl)ccc1NC(=O)NCCOc1ccc(F)cc1. The fraction of sp³-hybridized carbons (Fsp3) is 0.188. The quantitative estimate of drug-likeness (QED) is 0.818. The zero-order valence-electron chi connectivity index (χ0n) is 12.0. The molecule has 0 atom stereocenters. The number of anilines is 1. The summed E-state index contributed by atoms with van der Waals surface area (Å²) in [5.41, 5.74) is 1.58. The van der Waals surface area contributed by atoms with Crippen molar-refractivity contribution < 1.29 is 13.9 Å². The smallest absolute Gasteiger partial charge is 0.319 e. The number of halogens is 2. The molecule has 0 aromatic heterocycles. The van der Waals surface area contributed by atoms with E-state index in [1.54, 1.807) is 18.2 Å². The summed E-state index contributed by atoms with van der Waals surface area (Å²) in [6.45, 7) is 2.48. The second-order valence-corrected chi connectivity index (χ2v) is 5.08. The van der Waals surface area contributed by atoms with Crippen molar-refractivity contribution in [1.29, 1.82) is 0 Å². The van der Waals surface area contributed by atoms with Crippen LogP contribution in [-0.4, -0.2) is 19.2 Å². The van der Waals surface area contributed by atoms with E-state index in [1.807, 2.05) is 6.92 Å². The molecule has 2 aromatic carbocycles. The maximum Gasteiger partial charge on any atom is 0.319 e. The molecule has 2 rings (SSSR count). The van der Waals surface area contributed by atoms with Crippen molar-refractivity contribution in [3.8, 4) is 5.75 Å². The summed E-state index contributed by atoms with van der Waals surface area (Å²) in [6, 6.07) is 10.6. The molecule has 0 heterocycles. The second-order valence-electron chi connectivity index (χ2n) is 4.64. The third-order valence-electron chi connectivity index (χ3n) is 2.91. The minimum absolute atomic E-state index is 0.290. The van der Waals surface area contributed by atoms with Crippen molar-refractivity contribution >= 4 is 23.3 Å². The lowest BCUT2D eigenvalue weighted by Crippen LogP contribution is -2.32. The van der Waals surface area contributed by atoms with Gasteiger partial charge in [-0.25, -0.2) is 9.18 Å². The highest BCUT2D eigenvalue weighted by molar-refractivity contribution is 6.30. The van der Waals surface area contributed by atoms with Crippen molar-refractivity contribution in [2.24, 2.45) is 0 Å². The highest BCUT2D eigenvalue weighted by Crippen LogP contribution is 2.19. The molecule has 2 amide bonds.